The van der Waals surface area contributed by atoms with Gasteiger partial charge in [0.05, 0.1) is 0 Å². The molecule has 84 valence electrons. The molecule has 0 heterocycles. The molecule has 0 rings (SSSR count). The molecule has 0 aliphatic rings. The molecule has 0 aromatic carbocycles. The standard InChI is InChI=1S/3Na.H2O3S.7H2O.H/c;;;1-4(2)3;;;;;;;;/h;;;(H2,1,2,3);7*1H2;/q3*+1;;;;;;;;;-1/p-2. The van der Waals surface area contributed by atoms with Crippen LogP contribution < -0.4 is 88.7 Å². The first-order chi connectivity index (χ1) is 1.73. The second-order valence-corrected chi connectivity index (χ2v) is 0.612. The van der Waals surface area contributed by atoms with E-state index in [1.807, 2.05) is 0 Å². The van der Waals surface area contributed by atoms with Gasteiger partial charge in [0.25, 0.3) is 0 Å². The predicted octanol–water partition coefficient (Wildman–Crippen LogP) is -15.7. The minimum absolute atomic E-state index is 0. The van der Waals surface area contributed by atoms with E-state index < -0.39 is 11.4 Å². The summed E-state index contributed by atoms with van der Waals surface area (Å²) in [5, 5.41) is 0. The van der Waals surface area contributed by atoms with Crippen LogP contribution in [0.15, 0.2) is 0 Å². The third-order valence-corrected chi connectivity index (χ3v) is 0. The Labute approximate surface area is 151 Å². The van der Waals surface area contributed by atoms with E-state index in [-0.39, 0.29) is 128 Å². The van der Waals surface area contributed by atoms with Crippen molar-refractivity contribution in [2.45, 2.75) is 0 Å². The molecule has 0 aromatic heterocycles. The van der Waals surface area contributed by atoms with E-state index in [1.165, 1.54) is 0 Å². The first-order valence-corrected chi connectivity index (χ1v) is 1.50. The summed E-state index contributed by atoms with van der Waals surface area (Å²) in [4.78, 5) is 0. The molecular weight excluding hydrogens is 261 g/mol. The molecule has 14 N–H and O–H groups in total. The molecule has 10 nitrogen and oxygen atoms in total. The quantitative estimate of drug-likeness (QED) is 0.307. The summed E-state index contributed by atoms with van der Waals surface area (Å²) in [7, 11) is 0. The van der Waals surface area contributed by atoms with Gasteiger partial charge in [0.1, 0.15) is 0 Å². The first kappa shape index (κ1) is 125. The van der Waals surface area contributed by atoms with Crippen LogP contribution in [0.3, 0.4) is 0 Å². The van der Waals surface area contributed by atoms with Gasteiger partial charge < -0.3 is 48.9 Å². The molecule has 14 heavy (non-hydrogen) atoms. The Morgan fingerprint density at radius 3 is 0.643 bits per heavy atom. The molecule has 0 saturated carbocycles. The van der Waals surface area contributed by atoms with Gasteiger partial charge in [0, 0.05) is 0 Å². The Kier molecular flexibility index (Phi) is 919. The van der Waals surface area contributed by atoms with Crippen molar-refractivity contribution in [2.24, 2.45) is 0 Å². The molecule has 14 heteroatoms. The minimum atomic E-state index is -3.11. The molecule has 0 aliphatic heterocycles. The predicted molar refractivity (Wildman–Crippen MR) is 36.1 cm³/mol. The van der Waals surface area contributed by atoms with Crippen molar-refractivity contribution in [3.63, 3.8) is 0 Å². The zero-order valence-corrected chi connectivity index (χ0v) is 14.9. The SMILES string of the molecule is O.O.O.O.O.O.O.O=S([O-])[O-].[H-].[Na+].[Na+].[Na+]. The largest absolute Gasteiger partial charge is 1.00 e. The third-order valence-electron chi connectivity index (χ3n) is 0. The van der Waals surface area contributed by atoms with Gasteiger partial charge in [-0.3, -0.25) is 4.21 Å². The zero-order valence-electron chi connectivity index (χ0n) is 9.13. The maximum Gasteiger partial charge on any atom is 1.00 e. The average molecular weight is 276 g/mol. The van der Waals surface area contributed by atoms with Crippen LogP contribution in [0.2, 0.25) is 0 Å². The van der Waals surface area contributed by atoms with Crippen molar-refractivity contribution in [3.05, 3.63) is 0 Å². The fraction of sp³-hybridized carbons (Fsp3) is 0. The molecule has 0 radical (unpaired) electrons. The first-order valence-electron chi connectivity index (χ1n) is 0.500. The normalized spacial score (nSPS) is 2.50. The van der Waals surface area contributed by atoms with E-state index >= 15 is 0 Å². The van der Waals surface area contributed by atoms with Crippen LogP contribution in [0.25, 0.3) is 0 Å². The molecule has 0 atom stereocenters. The fourth-order valence-electron chi connectivity index (χ4n) is 0. The van der Waals surface area contributed by atoms with E-state index in [9.17, 15) is 0 Å². The Morgan fingerprint density at radius 1 is 0.643 bits per heavy atom. The van der Waals surface area contributed by atoms with Gasteiger partial charge in [-0.2, -0.15) is 0 Å². The molecule has 0 unspecified atom stereocenters. The molecule has 0 aliphatic carbocycles. The van der Waals surface area contributed by atoms with E-state index in [1.54, 1.807) is 0 Å². The smallest absolute Gasteiger partial charge is 1.00 e. The van der Waals surface area contributed by atoms with Crippen molar-refractivity contribution in [2.75, 3.05) is 0 Å². The summed E-state index contributed by atoms with van der Waals surface area (Å²) in [5.74, 6) is 0. The second-order valence-electron chi connectivity index (χ2n) is 0.204. The van der Waals surface area contributed by atoms with Crippen molar-refractivity contribution < 1.29 is 142 Å². The van der Waals surface area contributed by atoms with E-state index in [0.29, 0.717) is 0 Å². The summed E-state index contributed by atoms with van der Waals surface area (Å²) in [6.07, 6.45) is 0. The molecule has 0 amide bonds. The van der Waals surface area contributed by atoms with Crippen LogP contribution >= 0.6 is 0 Å². The van der Waals surface area contributed by atoms with Gasteiger partial charge in [-0.05, 0) is 0 Å². The van der Waals surface area contributed by atoms with Crippen molar-refractivity contribution in [1.29, 1.82) is 0 Å². The third kappa shape index (κ3) is 361. The maximum absolute atomic E-state index is 8.44. The van der Waals surface area contributed by atoms with Crippen LogP contribution in [0.4, 0.5) is 0 Å². The van der Waals surface area contributed by atoms with Gasteiger partial charge in [0.2, 0.25) is 0 Å². The van der Waals surface area contributed by atoms with Gasteiger partial charge in [0.15, 0.2) is 0 Å². The average Bonchev–Trinajstić information content (AvgIpc) is 0.811. The van der Waals surface area contributed by atoms with Crippen molar-refractivity contribution >= 4 is 11.4 Å². The molecule has 0 spiro atoms. The summed E-state index contributed by atoms with van der Waals surface area (Å²) in [6.45, 7) is 0. The number of hydrogen-bond acceptors (Lipinski definition) is 3. The molecule has 0 bridgehead atoms. The van der Waals surface area contributed by atoms with E-state index in [0.717, 1.165) is 0 Å². The number of rotatable bonds is 0. The zero-order chi connectivity index (χ0) is 3.58. The summed E-state index contributed by atoms with van der Waals surface area (Å²) in [6, 6.07) is 0. The second kappa shape index (κ2) is 103. The van der Waals surface area contributed by atoms with Crippen LogP contribution in [0, 0.1) is 0 Å². The number of hydrogen-bond donors (Lipinski definition) is 0. The van der Waals surface area contributed by atoms with Crippen molar-refractivity contribution in [1.82, 2.24) is 0 Å². The Balaban J connectivity index is -0.000000000818. The van der Waals surface area contributed by atoms with E-state index in [2.05, 4.69) is 0 Å². The fourth-order valence-corrected chi connectivity index (χ4v) is 0. The van der Waals surface area contributed by atoms with Crippen LogP contribution in [-0.4, -0.2) is 51.6 Å². The Morgan fingerprint density at radius 2 is 0.643 bits per heavy atom. The summed E-state index contributed by atoms with van der Waals surface area (Å²) >= 11 is -3.11. The van der Waals surface area contributed by atoms with Gasteiger partial charge in [-0.15, -0.1) is 11.4 Å². The monoisotopic (exact) mass is 276 g/mol. The maximum atomic E-state index is 8.44. The molecular formula is H15Na3O10S. The van der Waals surface area contributed by atoms with Gasteiger partial charge in [-0.1, -0.05) is 0 Å². The topological polar surface area (TPSA) is 284 Å². The molecule has 0 fully saturated rings. The van der Waals surface area contributed by atoms with Gasteiger partial charge in [-0.25, -0.2) is 0 Å². The summed E-state index contributed by atoms with van der Waals surface area (Å²) in [5.41, 5.74) is 0. The Bertz CT molecular complexity index is 43.6. The minimum Gasteiger partial charge on any atom is -1.00 e. The van der Waals surface area contributed by atoms with Crippen LogP contribution in [0.1, 0.15) is 1.43 Å². The van der Waals surface area contributed by atoms with Crippen LogP contribution in [0.5, 0.6) is 0 Å². The van der Waals surface area contributed by atoms with E-state index in [4.69, 9.17) is 13.3 Å². The van der Waals surface area contributed by atoms with Gasteiger partial charge >= 0.3 is 88.7 Å². The van der Waals surface area contributed by atoms with Crippen molar-refractivity contribution in [3.8, 4) is 0 Å². The summed E-state index contributed by atoms with van der Waals surface area (Å²) < 4.78 is 25.3. The van der Waals surface area contributed by atoms with Crippen LogP contribution in [-0.2, 0) is 11.4 Å². The Hall–Kier alpha value is 2.79. The molecule has 0 saturated heterocycles. The molecule has 0 aromatic rings.